The molecule has 1 aromatic rings. The predicted molar refractivity (Wildman–Crippen MR) is 77.2 cm³/mol. The molecule has 0 saturated carbocycles. The lowest BCUT2D eigenvalue weighted by atomic mass is 10.4. The lowest BCUT2D eigenvalue weighted by Crippen LogP contribution is -2.18. The van der Waals surface area contributed by atoms with E-state index in [1.807, 2.05) is 0 Å². The van der Waals surface area contributed by atoms with Crippen molar-refractivity contribution in [2.75, 3.05) is 19.8 Å². The van der Waals surface area contributed by atoms with E-state index in [9.17, 15) is 0 Å². The standard InChI is InChI=1S/C11H17Br2NOS/c1-2-3-5-15-6-4-14-8-9-7-10(12)11(13)16-9/h7,14H,2-6,8H2,1H3. The van der Waals surface area contributed by atoms with Crippen molar-refractivity contribution in [3.8, 4) is 0 Å². The molecule has 92 valence electrons. The number of ether oxygens (including phenoxy) is 1. The van der Waals surface area contributed by atoms with Gasteiger partial charge in [0.15, 0.2) is 0 Å². The molecule has 0 radical (unpaired) electrons. The average Bonchev–Trinajstić information content (AvgIpc) is 2.57. The highest BCUT2D eigenvalue weighted by Gasteiger charge is 2.02. The summed E-state index contributed by atoms with van der Waals surface area (Å²) in [6.45, 7) is 5.68. The van der Waals surface area contributed by atoms with Gasteiger partial charge in [-0.25, -0.2) is 0 Å². The Morgan fingerprint density at radius 2 is 2.19 bits per heavy atom. The van der Waals surface area contributed by atoms with Crippen LogP contribution >= 0.6 is 43.2 Å². The van der Waals surface area contributed by atoms with E-state index in [1.54, 1.807) is 11.3 Å². The second kappa shape index (κ2) is 8.64. The number of hydrogen-bond donors (Lipinski definition) is 1. The molecule has 1 aromatic heterocycles. The molecule has 1 rings (SSSR count). The van der Waals surface area contributed by atoms with Crippen molar-refractivity contribution >= 4 is 43.2 Å². The van der Waals surface area contributed by atoms with Gasteiger partial charge in [0, 0.05) is 29.0 Å². The molecule has 0 aromatic carbocycles. The van der Waals surface area contributed by atoms with Crippen molar-refractivity contribution in [1.82, 2.24) is 5.32 Å². The summed E-state index contributed by atoms with van der Waals surface area (Å²) in [7, 11) is 0. The fourth-order valence-electron chi connectivity index (χ4n) is 1.18. The molecule has 1 N–H and O–H groups in total. The van der Waals surface area contributed by atoms with Gasteiger partial charge in [-0.2, -0.15) is 0 Å². The normalized spacial score (nSPS) is 10.9. The van der Waals surface area contributed by atoms with Crippen molar-refractivity contribution in [1.29, 1.82) is 0 Å². The van der Waals surface area contributed by atoms with Gasteiger partial charge in [-0.15, -0.1) is 11.3 Å². The Morgan fingerprint density at radius 1 is 1.38 bits per heavy atom. The van der Waals surface area contributed by atoms with Gasteiger partial charge < -0.3 is 10.1 Å². The first-order chi connectivity index (χ1) is 7.74. The van der Waals surface area contributed by atoms with Gasteiger partial charge in [-0.1, -0.05) is 13.3 Å². The van der Waals surface area contributed by atoms with E-state index in [0.717, 1.165) is 41.0 Å². The summed E-state index contributed by atoms with van der Waals surface area (Å²) >= 11 is 8.72. The zero-order valence-electron chi connectivity index (χ0n) is 9.39. The molecule has 2 nitrogen and oxygen atoms in total. The quantitative estimate of drug-likeness (QED) is 0.693. The zero-order valence-corrected chi connectivity index (χ0v) is 13.4. The fraction of sp³-hybridized carbons (Fsp3) is 0.636. The Kier molecular flexibility index (Phi) is 7.90. The molecule has 0 atom stereocenters. The summed E-state index contributed by atoms with van der Waals surface area (Å²) in [5, 5.41) is 3.36. The zero-order chi connectivity index (χ0) is 11.8. The smallest absolute Gasteiger partial charge is 0.0843 e. The highest BCUT2D eigenvalue weighted by atomic mass is 79.9. The first kappa shape index (κ1) is 14.6. The van der Waals surface area contributed by atoms with Gasteiger partial charge in [-0.05, 0) is 44.3 Å². The van der Waals surface area contributed by atoms with Crippen LogP contribution in [0, 0.1) is 0 Å². The molecule has 1 heterocycles. The van der Waals surface area contributed by atoms with E-state index < -0.39 is 0 Å². The van der Waals surface area contributed by atoms with Crippen LogP contribution in [0.5, 0.6) is 0 Å². The van der Waals surface area contributed by atoms with E-state index in [4.69, 9.17) is 4.74 Å². The summed E-state index contributed by atoms with van der Waals surface area (Å²) in [6, 6.07) is 2.14. The van der Waals surface area contributed by atoms with Crippen LogP contribution in [0.15, 0.2) is 14.3 Å². The lowest BCUT2D eigenvalue weighted by molar-refractivity contribution is 0.133. The molecule has 0 spiro atoms. The van der Waals surface area contributed by atoms with Gasteiger partial charge in [0.25, 0.3) is 0 Å². The molecule has 0 amide bonds. The minimum absolute atomic E-state index is 0.799. The molecule has 0 unspecified atom stereocenters. The average molecular weight is 371 g/mol. The molecule has 5 heteroatoms. The molecular weight excluding hydrogens is 354 g/mol. The maximum atomic E-state index is 5.46. The summed E-state index contributed by atoms with van der Waals surface area (Å²) in [4.78, 5) is 1.33. The molecule has 0 aliphatic heterocycles. The summed E-state index contributed by atoms with van der Waals surface area (Å²) in [5.74, 6) is 0. The molecule has 0 aliphatic carbocycles. The van der Waals surface area contributed by atoms with Crippen LogP contribution in [0.1, 0.15) is 24.6 Å². The van der Waals surface area contributed by atoms with Crippen molar-refractivity contribution in [3.63, 3.8) is 0 Å². The van der Waals surface area contributed by atoms with Gasteiger partial charge >= 0.3 is 0 Å². The molecule has 0 bridgehead atoms. The Morgan fingerprint density at radius 3 is 2.81 bits per heavy atom. The Bertz CT molecular complexity index is 285. The van der Waals surface area contributed by atoms with Gasteiger partial charge in [0.1, 0.15) is 0 Å². The minimum atomic E-state index is 0.799. The fourth-order valence-corrected chi connectivity index (χ4v) is 3.33. The van der Waals surface area contributed by atoms with Crippen LogP contribution in [-0.2, 0) is 11.3 Å². The van der Waals surface area contributed by atoms with Crippen molar-refractivity contribution in [3.05, 3.63) is 19.2 Å². The van der Waals surface area contributed by atoms with Gasteiger partial charge in [0.2, 0.25) is 0 Å². The summed E-state index contributed by atoms with van der Waals surface area (Å²) in [6.07, 6.45) is 2.36. The lowest BCUT2D eigenvalue weighted by Gasteiger charge is -2.04. The maximum Gasteiger partial charge on any atom is 0.0843 e. The first-order valence-corrected chi connectivity index (χ1v) is 7.86. The van der Waals surface area contributed by atoms with Gasteiger partial charge in [-0.3, -0.25) is 0 Å². The van der Waals surface area contributed by atoms with E-state index in [0.29, 0.717) is 0 Å². The van der Waals surface area contributed by atoms with Crippen LogP contribution in [0.3, 0.4) is 0 Å². The third-order valence-corrected chi connectivity index (χ3v) is 5.32. The molecule has 0 aliphatic rings. The second-order valence-electron chi connectivity index (χ2n) is 3.48. The summed E-state index contributed by atoms with van der Waals surface area (Å²) in [5.41, 5.74) is 0. The first-order valence-electron chi connectivity index (χ1n) is 5.46. The number of thiophene rings is 1. The minimum Gasteiger partial charge on any atom is -0.380 e. The maximum absolute atomic E-state index is 5.46. The molecular formula is C11H17Br2NOS. The van der Waals surface area contributed by atoms with E-state index in [2.05, 4.69) is 50.2 Å². The van der Waals surface area contributed by atoms with Gasteiger partial charge in [0.05, 0.1) is 10.4 Å². The Balaban J connectivity index is 2.03. The predicted octanol–water partition coefficient (Wildman–Crippen LogP) is 4.18. The van der Waals surface area contributed by atoms with Crippen molar-refractivity contribution < 1.29 is 4.74 Å². The topological polar surface area (TPSA) is 21.3 Å². The van der Waals surface area contributed by atoms with Crippen molar-refractivity contribution in [2.24, 2.45) is 0 Å². The van der Waals surface area contributed by atoms with Crippen LogP contribution < -0.4 is 5.32 Å². The van der Waals surface area contributed by atoms with E-state index in [-0.39, 0.29) is 0 Å². The third-order valence-electron chi connectivity index (χ3n) is 2.06. The van der Waals surface area contributed by atoms with E-state index in [1.165, 1.54) is 11.3 Å². The number of unbranched alkanes of at least 4 members (excludes halogenated alkanes) is 1. The Labute approximate surface area is 118 Å². The molecule has 16 heavy (non-hydrogen) atoms. The highest BCUT2D eigenvalue weighted by Crippen LogP contribution is 2.32. The number of rotatable bonds is 8. The van der Waals surface area contributed by atoms with Crippen LogP contribution in [-0.4, -0.2) is 19.8 Å². The van der Waals surface area contributed by atoms with Crippen LogP contribution in [0.4, 0.5) is 0 Å². The third kappa shape index (κ3) is 5.77. The SMILES string of the molecule is CCCCOCCNCc1cc(Br)c(Br)s1. The molecule has 0 saturated heterocycles. The largest absolute Gasteiger partial charge is 0.380 e. The monoisotopic (exact) mass is 369 g/mol. The van der Waals surface area contributed by atoms with Crippen LogP contribution in [0.2, 0.25) is 0 Å². The molecule has 0 fully saturated rings. The summed E-state index contributed by atoms with van der Waals surface area (Å²) < 4.78 is 7.75. The van der Waals surface area contributed by atoms with Crippen molar-refractivity contribution in [2.45, 2.75) is 26.3 Å². The number of hydrogen-bond acceptors (Lipinski definition) is 3. The second-order valence-corrected chi connectivity index (χ2v) is 6.79. The number of nitrogens with one attached hydrogen (secondary N) is 1. The van der Waals surface area contributed by atoms with Crippen LogP contribution in [0.25, 0.3) is 0 Å². The Hall–Kier alpha value is 0.580. The van der Waals surface area contributed by atoms with E-state index >= 15 is 0 Å². The number of halogens is 2. The highest BCUT2D eigenvalue weighted by molar-refractivity contribution is 9.13.